The molecule has 0 radical (unpaired) electrons. The van der Waals surface area contributed by atoms with Gasteiger partial charge in [0.25, 0.3) is 0 Å². The lowest BCUT2D eigenvalue weighted by molar-refractivity contribution is -0.157. The number of rotatable bonds is 6. The molecule has 4 N–H and O–H groups in total. The van der Waals surface area contributed by atoms with E-state index in [0.29, 0.717) is 0 Å². The average molecular weight is 253 g/mol. The number of ether oxygens (including phenoxy) is 1. The molecular weight excluding hydrogens is 234 g/mol. The summed E-state index contributed by atoms with van der Waals surface area (Å²) in [5.74, 6) is -1.28. The molecule has 0 fully saturated rings. The first kappa shape index (κ1) is 14.6. The van der Waals surface area contributed by atoms with E-state index in [1.165, 1.54) is 6.92 Å². The summed E-state index contributed by atoms with van der Waals surface area (Å²) in [5.41, 5.74) is 4.83. The third-order valence-corrected chi connectivity index (χ3v) is 3.08. The highest BCUT2D eigenvalue weighted by atomic mass is 16.5. The van der Waals surface area contributed by atoms with Gasteiger partial charge in [-0.05, 0) is 19.4 Å². The Balaban J connectivity index is 2.69. The number of carboxylic acids is 1. The molecule has 3 atom stereocenters. The van der Waals surface area contributed by atoms with Crippen LogP contribution in [0.25, 0.3) is 0 Å². The van der Waals surface area contributed by atoms with E-state index in [0.717, 1.165) is 5.56 Å². The second-order valence-electron chi connectivity index (χ2n) is 4.35. The van der Waals surface area contributed by atoms with Crippen LogP contribution in [0.5, 0.6) is 0 Å². The molecule has 0 saturated carbocycles. The largest absolute Gasteiger partial charge is 0.480 e. The quantitative estimate of drug-likeness (QED) is 0.696. The lowest BCUT2D eigenvalue weighted by Crippen LogP contribution is -2.63. The van der Waals surface area contributed by atoms with Crippen LogP contribution in [-0.2, 0) is 16.1 Å². The number of benzene rings is 1. The summed E-state index contributed by atoms with van der Waals surface area (Å²) < 4.78 is 5.45. The van der Waals surface area contributed by atoms with Crippen LogP contribution >= 0.6 is 0 Å². The molecule has 0 aromatic heterocycles. The monoisotopic (exact) mass is 253 g/mol. The van der Waals surface area contributed by atoms with Crippen molar-refractivity contribution in [3.05, 3.63) is 35.9 Å². The highest BCUT2D eigenvalue weighted by Gasteiger charge is 2.45. The molecule has 0 heterocycles. The van der Waals surface area contributed by atoms with E-state index in [9.17, 15) is 9.90 Å². The van der Waals surface area contributed by atoms with Crippen LogP contribution in [0.2, 0.25) is 0 Å². The minimum Gasteiger partial charge on any atom is -0.480 e. The van der Waals surface area contributed by atoms with Crippen LogP contribution in [0.4, 0.5) is 0 Å². The van der Waals surface area contributed by atoms with E-state index in [1.54, 1.807) is 6.92 Å². The number of aliphatic hydroxyl groups is 1. The molecule has 5 nitrogen and oxygen atoms in total. The molecule has 0 saturated heterocycles. The summed E-state index contributed by atoms with van der Waals surface area (Å²) in [4.78, 5) is 11.2. The van der Waals surface area contributed by atoms with Gasteiger partial charge >= 0.3 is 5.97 Å². The summed E-state index contributed by atoms with van der Waals surface area (Å²) in [6.07, 6.45) is -2.02. The normalized spacial score (nSPS) is 17.8. The lowest BCUT2D eigenvalue weighted by Gasteiger charge is -2.33. The Morgan fingerprint density at radius 2 is 1.94 bits per heavy atom. The summed E-state index contributed by atoms with van der Waals surface area (Å²) >= 11 is 0. The number of hydrogen-bond donors (Lipinski definition) is 3. The van der Waals surface area contributed by atoms with E-state index in [-0.39, 0.29) is 6.61 Å². The molecule has 0 amide bonds. The number of carbonyl (C=O) groups is 1. The topological polar surface area (TPSA) is 92.8 Å². The van der Waals surface area contributed by atoms with Crippen LogP contribution in [0.1, 0.15) is 19.4 Å². The van der Waals surface area contributed by atoms with Gasteiger partial charge in [0.15, 0.2) is 5.54 Å². The van der Waals surface area contributed by atoms with Gasteiger partial charge in [0.1, 0.15) is 0 Å². The van der Waals surface area contributed by atoms with Gasteiger partial charge in [-0.15, -0.1) is 0 Å². The van der Waals surface area contributed by atoms with Crippen molar-refractivity contribution in [2.45, 2.75) is 38.2 Å². The summed E-state index contributed by atoms with van der Waals surface area (Å²) in [5, 5.41) is 18.6. The first-order valence-electron chi connectivity index (χ1n) is 5.75. The van der Waals surface area contributed by atoms with E-state index < -0.39 is 23.7 Å². The Kier molecular flexibility index (Phi) is 4.84. The van der Waals surface area contributed by atoms with Gasteiger partial charge in [0.2, 0.25) is 0 Å². The number of aliphatic carboxylic acids is 1. The molecule has 1 aromatic carbocycles. The fourth-order valence-electron chi connectivity index (χ4n) is 1.63. The molecule has 0 aliphatic carbocycles. The van der Waals surface area contributed by atoms with Crippen LogP contribution < -0.4 is 5.73 Å². The number of nitrogens with two attached hydrogens (primary N) is 1. The smallest absolute Gasteiger partial charge is 0.329 e. The zero-order chi connectivity index (χ0) is 13.8. The maximum absolute atomic E-state index is 11.2. The van der Waals surface area contributed by atoms with E-state index in [4.69, 9.17) is 15.6 Å². The number of carboxylic acid groups (broad SMARTS) is 1. The van der Waals surface area contributed by atoms with Crippen LogP contribution in [0.3, 0.4) is 0 Å². The zero-order valence-electron chi connectivity index (χ0n) is 10.5. The molecule has 0 aliphatic rings. The van der Waals surface area contributed by atoms with Gasteiger partial charge in [0, 0.05) is 0 Å². The summed E-state index contributed by atoms with van der Waals surface area (Å²) in [6, 6.07) is 9.35. The molecule has 0 spiro atoms. The molecule has 1 rings (SSSR count). The average Bonchev–Trinajstić information content (AvgIpc) is 2.35. The first-order valence-corrected chi connectivity index (χ1v) is 5.75. The van der Waals surface area contributed by atoms with Crippen LogP contribution in [0, 0.1) is 0 Å². The maximum atomic E-state index is 11.2. The minimum atomic E-state index is -1.81. The highest BCUT2D eigenvalue weighted by molar-refractivity contribution is 5.80. The minimum absolute atomic E-state index is 0.251. The second-order valence-corrected chi connectivity index (χ2v) is 4.35. The summed E-state index contributed by atoms with van der Waals surface area (Å²) in [6.45, 7) is 3.14. The van der Waals surface area contributed by atoms with Crippen molar-refractivity contribution in [1.29, 1.82) is 0 Å². The Labute approximate surface area is 106 Å². The van der Waals surface area contributed by atoms with Crippen molar-refractivity contribution in [2.24, 2.45) is 5.73 Å². The standard InChI is InChI=1S/C13H19NO4/c1-9(15)13(14,12(16)17)10(2)18-8-11-6-4-3-5-7-11/h3-7,9-10,15H,8,14H2,1-2H3,(H,16,17). The fourth-order valence-corrected chi connectivity index (χ4v) is 1.63. The molecule has 0 aliphatic heterocycles. The van der Waals surface area contributed by atoms with Gasteiger partial charge in [-0.3, -0.25) is 4.79 Å². The molecule has 1 aromatic rings. The van der Waals surface area contributed by atoms with E-state index >= 15 is 0 Å². The zero-order valence-corrected chi connectivity index (χ0v) is 10.5. The van der Waals surface area contributed by atoms with Crippen molar-refractivity contribution in [3.8, 4) is 0 Å². The molecule has 0 bridgehead atoms. The molecule has 100 valence electrons. The summed E-state index contributed by atoms with van der Waals surface area (Å²) in [7, 11) is 0. The predicted octanol–water partition coefficient (Wildman–Crippen LogP) is 0.755. The maximum Gasteiger partial charge on any atom is 0.329 e. The van der Waals surface area contributed by atoms with Crippen molar-refractivity contribution in [2.75, 3.05) is 0 Å². The van der Waals surface area contributed by atoms with Crippen molar-refractivity contribution in [1.82, 2.24) is 0 Å². The Bertz CT molecular complexity index is 393. The Morgan fingerprint density at radius 3 is 2.39 bits per heavy atom. The number of hydrogen-bond acceptors (Lipinski definition) is 4. The van der Waals surface area contributed by atoms with Gasteiger partial charge in [0.05, 0.1) is 18.8 Å². The molecule has 18 heavy (non-hydrogen) atoms. The third kappa shape index (κ3) is 3.07. The Morgan fingerprint density at radius 1 is 1.39 bits per heavy atom. The molecule has 5 heteroatoms. The van der Waals surface area contributed by atoms with Crippen molar-refractivity contribution < 1.29 is 19.7 Å². The van der Waals surface area contributed by atoms with Gasteiger partial charge < -0.3 is 20.7 Å². The van der Waals surface area contributed by atoms with Gasteiger partial charge in [-0.25, -0.2) is 0 Å². The SMILES string of the molecule is CC(O)C(N)(C(=O)O)C(C)OCc1ccccc1. The van der Waals surface area contributed by atoms with E-state index in [1.807, 2.05) is 30.3 Å². The lowest BCUT2D eigenvalue weighted by atomic mass is 9.89. The van der Waals surface area contributed by atoms with Gasteiger partial charge in [-0.1, -0.05) is 30.3 Å². The van der Waals surface area contributed by atoms with Crippen molar-refractivity contribution in [3.63, 3.8) is 0 Å². The van der Waals surface area contributed by atoms with Crippen LogP contribution in [-0.4, -0.2) is 33.9 Å². The number of aliphatic hydroxyl groups excluding tert-OH is 1. The second kappa shape index (κ2) is 5.95. The van der Waals surface area contributed by atoms with E-state index in [2.05, 4.69) is 0 Å². The van der Waals surface area contributed by atoms with Crippen molar-refractivity contribution >= 4 is 5.97 Å². The first-order chi connectivity index (χ1) is 8.39. The fraction of sp³-hybridized carbons (Fsp3) is 0.462. The molecule has 3 unspecified atom stereocenters. The van der Waals surface area contributed by atoms with Gasteiger partial charge in [-0.2, -0.15) is 0 Å². The molecular formula is C13H19NO4. The highest BCUT2D eigenvalue weighted by Crippen LogP contribution is 2.18. The Hall–Kier alpha value is -1.43. The predicted molar refractivity (Wildman–Crippen MR) is 66.9 cm³/mol. The third-order valence-electron chi connectivity index (χ3n) is 3.08. The van der Waals surface area contributed by atoms with Crippen LogP contribution in [0.15, 0.2) is 30.3 Å².